The van der Waals surface area contributed by atoms with Gasteiger partial charge in [-0.1, -0.05) is 0 Å². The second kappa shape index (κ2) is 5.41. The summed E-state index contributed by atoms with van der Waals surface area (Å²) in [7, 11) is 0. The first-order valence-electron chi connectivity index (χ1n) is 5.88. The van der Waals surface area contributed by atoms with E-state index in [1.54, 1.807) is 0 Å². The molecule has 1 saturated carbocycles. The number of benzene rings is 1. The van der Waals surface area contributed by atoms with Crippen molar-refractivity contribution in [3.05, 3.63) is 39.7 Å². The van der Waals surface area contributed by atoms with Crippen molar-refractivity contribution < 1.29 is 14.1 Å². The molecule has 0 heterocycles. The quantitative estimate of drug-likeness (QED) is 0.659. The van der Waals surface area contributed by atoms with Gasteiger partial charge in [0.05, 0.1) is 17.6 Å². The highest BCUT2D eigenvalue weighted by Gasteiger charge is 2.24. The Morgan fingerprint density at radius 2 is 2.28 bits per heavy atom. The van der Waals surface area contributed by atoms with E-state index in [4.69, 9.17) is 10.5 Å². The van der Waals surface area contributed by atoms with Crippen LogP contribution in [0, 0.1) is 15.9 Å². The highest BCUT2D eigenvalue weighted by molar-refractivity contribution is 5.34. The molecule has 0 bridgehead atoms. The molecule has 0 aromatic heterocycles. The van der Waals surface area contributed by atoms with Crippen molar-refractivity contribution in [2.45, 2.75) is 38.0 Å². The van der Waals surface area contributed by atoms with E-state index < -0.39 is 16.4 Å². The van der Waals surface area contributed by atoms with Crippen LogP contribution in [0.25, 0.3) is 0 Å². The molecule has 2 N–H and O–H groups in total. The lowest BCUT2D eigenvalue weighted by molar-refractivity contribution is -0.387. The molecule has 0 aliphatic heterocycles. The molecule has 0 radical (unpaired) electrons. The van der Waals surface area contributed by atoms with Gasteiger partial charge >= 0.3 is 5.69 Å². The van der Waals surface area contributed by atoms with E-state index in [1.165, 1.54) is 6.07 Å². The zero-order chi connectivity index (χ0) is 13.1. The summed E-state index contributed by atoms with van der Waals surface area (Å²) < 4.78 is 19.0. The van der Waals surface area contributed by atoms with E-state index in [9.17, 15) is 14.5 Å². The molecule has 2 rings (SSSR count). The number of nitro groups is 1. The molecule has 0 amide bonds. The number of hydrogen-bond acceptors (Lipinski definition) is 4. The van der Waals surface area contributed by atoms with Gasteiger partial charge < -0.3 is 10.5 Å². The maximum atomic E-state index is 13.4. The van der Waals surface area contributed by atoms with Crippen LogP contribution in [-0.2, 0) is 11.3 Å². The third-order valence-corrected chi connectivity index (χ3v) is 3.18. The Balaban J connectivity index is 1.98. The number of hydrogen-bond donors (Lipinski definition) is 1. The topological polar surface area (TPSA) is 78.4 Å². The molecule has 18 heavy (non-hydrogen) atoms. The fourth-order valence-corrected chi connectivity index (χ4v) is 2.15. The SMILES string of the molecule is NC1CCCC1OCc1ccc([N+](=O)[O-])c(F)c1. The summed E-state index contributed by atoms with van der Waals surface area (Å²) in [6.07, 6.45) is 2.90. The Morgan fingerprint density at radius 3 is 2.83 bits per heavy atom. The predicted octanol–water partition coefficient (Wildman–Crippen LogP) is 2.13. The highest BCUT2D eigenvalue weighted by Crippen LogP contribution is 2.23. The first kappa shape index (κ1) is 12.9. The normalized spacial score (nSPS) is 23.2. The average molecular weight is 254 g/mol. The summed E-state index contributed by atoms with van der Waals surface area (Å²) in [4.78, 5) is 9.72. The van der Waals surface area contributed by atoms with Gasteiger partial charge in [0.1, 0.15) is 0 Å². The van der Waals surface area contributed by atoms with Gasteiger partial charge in [0.2, 0.25) is 5.82 Å². The maximum Gasteiger partial charge on any atom is 0.304 e. The molecule has 98 valence electrons. The minimum Gasteiger partial charge on any atom is -0.372 e. The number of rotatable bonds is 4. The van der Waals surface area contributed by atoms with E-state index in [2.05, 4.69) is 0 Å². The first-order chi connectivity index (χ1) is 8.58. The Bertz CT molecular complexity index is 453. The fraction of sp³-hybridized carbons (Fsp3) is 0.500. The van der Waals surface area contributed by atoms with Gasteiger partial charge in [-0.15, -0.1) is 0 Å². The van der Waals surface area contributed by atoms with Crippen LogP contribution in [0.1, 0.15) is 24.8 Å². The van der Waals surface area contributed by atoms with Crippen LogP contribution in [-0.4, -0.2) is 17.1 Å². The van der Waals surface area contributed by atoms with Crippen LogP contribution in [0.5, 0.6) is 0 Å². The summed E-state index contributed by atoms with van der Waals surface area (Å²) in [6, 6.07) is 3.83. The number of nitro benzene ring substituents is 1. The molecular weight excluding hydrogens is 239 g/mol. The van der Waals surface area contributed by atoms with Crippen molar-refractivity contribution in [3.63, 3.8) is 0 Å². The molecule has 2 atom stereocenters. The minimum atomic E-state index is -0.836. The third-order valence-electron chi connectivity index (χ3n) is 3.18. The summed E-state index contributed by atoms with van der Waals surface area (Å²) in [5.74, 6) is -0.836. The molecule has 1 fully saturated rings. The molecule has 2 unspecified atom stereocenters. The van der Waals surface area contributed by atoms with Gasteiger partial charge in [0.15, 0.2) is 0 Å². The Hall–Kier alpha value is -1.53. The van der Waals surface area contributed by atoms with Gasteiger partial charge in [0.25, 0.3) is 0 Å². The summed E-state index contributed by atoms with van der Waals surface area (Å²) in [6.45, 7) is 0.229. The summed E-state index contributed by atoms with van der Waals surface area (Å²) >= 11 is 0. The summed E-state index contributed by atoms with van der Waals surface area (Å²) in [5, 5.41) is 10.5. The van der Waals surface area contributed by atoms with E-state index in [1.807, 2.05) is 0 Å². The van der Waals surface area contributed by atoms with Gasteiger partial charge in [-0.3, -0.25) is 10.1 Å². The Labute approximate surface area is 104 Å². The lowest BCUT2D eigenvalue weighted by Gasteiger charge is -2.16. The van der Waals surface area contributed by atoms with E-state index in [0.717, 1.165) is 31.4 Å². The Kier molecular flexibility index (Phi) is 3.88. The molecule has 1 aliphatic carbocycles. The molecule has 0 saturated heterocycles. The summed E-state index contributed by atoms with van der Waals surface area (Å²) in [5.41, 5.74) is 5.91. The van der Waals surface area contributed by atoms with E-state index in [0.29, 0.717) is 5.56 Å². The second-order valence-electron chi connectivity index (χ2n) is 4.49. The molecule has 1 aromatic carbocycles. The maximum absolute atomic E-state index is 13.4. The monoisotopic (exact) mass is 254 g/mol. The van der Waals surface area contributed by atoms with Gasteiger partial charge in [-0.2, -0.15) is 4.39 Å². The van der Waals surface area contributed by atoms with E-state index >= 15 is 0 Å². The molecule has 1 aliphatic rings. The third kappa shape index (κ3) is 2.83. The molecule has 0 spiro atoms. The molecule has 5 nitrogen and oxygen atoms in total. The molecular formula is C12H15FN2O3. The first-order valence-corrected chi connectivity index (χ1v) is 5.88. The van der Waals surface area contributed by atoms with Crippen LogP contribution >= 0.6 is 0 Å². The van der Waals surface area contributed by atoms with Crippen molar-refractivity contribution in [3.8, 4) is 0 Å². The smallest absolute Gasteiger partial charge is 0.304 e. The van der Waals surface area contributed by atoms with Crippen molar-refractivity contribution in [1.29, 1.82) is 0 Å². The van der Waals surface area contributed by atoms with Crippen LogP contribution < -0.4 is 5.73 Å². The van der Waals surface area contributed by atoms with Gasteiger partial charge in [0, 0.05) is 12.1 Å². The standard InChI is InChI=1S/C12H15FN2O3/c13-9-6-8(4-5-11(9)15(16)17)7-18-12-3-1-2-10(12)14/h4-6,10,12H,1-3,7,14H2. The largest absolute Gasteiger partial charge is 0.372 e. The zero-order valence-electron chi connectivity index (χ0n) is 9.84. The van der Waals surface area contributed by atoms with Crippen LogP contribution in [0.2, 0.25) is 0 Å². The highest BCUT2D eigenvalue weighted by atomic mass is 19.1. The number of nitrogens with zero attached hydrogens (tertiary/aromatic N) is 1. The van der Waals surface area contributed by atoms with Crippen LogP contribution in [0.15, 0.2) is 18.2 Å². The lowest BCUT2D eigenvalue weighted by Crippen LogP contribution is -2.31. The lowest BCUT2D eigenvalue weighted by atomic mass is 10.2. The predicted molar refractivity (Wildman–Crippen MR) is 63.5 cm³/mol. The van der Waals surface area contributed by atoms with Gasteiger partial charge in [-0.05, 0) is 37.0 Å². The fourth-order valence-electron chi connectivity index (χ4n) is 2.15. The van der Waals surface area contributed by atoms with Crippen LogP contribution in [0.4, 0.5) is 10.1 Å². The van der Waals surface area contributed by atoms with Crippen molar-refractivity contribution in [1.82, 2.24) is 0 Å². The second-order valence-corrected chi connectivity index (χ2v) is 4.49. The number of ether oxygens (including phenoxy) is 1. The van der Waals surface area contributed by atoms with Crippen LogP contribution in [0.3, 0.4) is 0 Å². The minimum absolute atomic E-state index is 0.00301. The Morgan fingerprint density at radius 1 is 1.50 bits per heavy atom. The van der Waals surface area contributed by atoms with Crippen molar-refractivity contribution >= 4 is 5.69 Å². The zero-order valence-corrected chi connectivity index (χ0v) is 9.84. The molecule has 1 aromatic rings. The van der Waals surface area contributed by atoms with Gasteiger partial charge in [-0.25, -0.2) is 0 Å². The number of halogens is 1. The van der Waals surface area contributed by atoms with Crippen molar-refractivity contribution in [2.24, 2.45) is 5.73 Å². The average Bonchev–Trinajstić information content (AvgIpc) is 2.72. The van der Waals surface area contributed by atoms with E-state index in [-0.39, 0.29) is 18.8 Å². The number of nitrogens with two attached hydrogens (primary N) is 1. The molecule has 6 heteroatoms. The van der Waals surface area contributed by atoms with Crippen molar-refractivity contribution in [2.75, 3.05) is 0 Å².